The van der Waals surface area contributed by atoms with Crippen LogP contribution < -0.4 is 10.6 Å². The number of benzene rings is 2. The second kappa shape index (κ2) is 9.43. The molecular formula is C21H21ClN2O5. The highest BCUT2D eigenvalue weighted by Crippen LogP contribution is 2.23. The molecule has 0 bridgehead atoms. The molecule has 152 valence electrons. The molecule has 29 heavy (non-hydrogen) atoms. The number of rotatable bonds is 6. The Kier molecular flexibility index (Phi) is 6.72. The summed E-state index contributed by atoms with van der Waals surface area (Å²) in [7, 11) is 0. The summed E-state index contributed by atoms with van der Waals surface area (Å²) in [5.41, 5.74) is 0.530. The number of halogens is 1. The number of aromatic hydroxyl groups is 1. The zero-order chi connectivity index (χ0) is 20.8. The van der Waals surface area contributed by atoms with E-state index in [1.165, 1.54) is 18.2 Å². The molecule has 0 radical (unpaired) electrons. The van der Waals surface area contributed by atoms with Gasteiger partial charge in [0.25, 0.3) is 11.8 Å². The van der Waals surface area contributed by atoms with Crippen LogP contribution in [0.4, 0.5) is 5.69 Å². The highest BCUT2D eigenvalue weighted by molar-refractivity contribution is 6.31. The largest absolute Gasteiger partial charge is 0.507 e. The minimum atomic E-state index is -0.882. The third kappa shape index (κ3) is 5.48. The molecule has 0 heterocycles. The third-order valence-electron chi connectivity index (χ3n) is 4.65. The summed E-state index contributed by atoms with van der Waals surface area (Å²) in [5.74, 6) is -2.05. The SMILES string of the molecule is O=C(COC(=O)c1cc(Cl)ccc1O)Nc1ccccc1C(=O)NC1CCCC1. The molecule has 0 aromatic heterocycles. The molecule has 0 saturated heterocycles. The van der Waals surface area contributed by atoms with E-state index in [1.807, 2.05) is 0 Å². The van der Waals surface area contributed by atoms with Gasteiger partial charge >= 0.3 is 5.97 Å². The number of amides is 2. The van der Waals surface area contributed by atoms with Gasteiger partial charge in [-0.2, -0.15) is 0 Å². The normalized spacial score (nSPS) is 13.7. The van der Waals surface area contributed by atoms with E-state index in [0.717, 1.165) is 25.7 Å². The maximum Gasteiger partial charge on any atom is 0.342 e. The smallest absolute Gasteiger partial charge is 0.342 e. The maximum atomic E-state index is 12.5. The van der Waals surface area contributed by atoms with Gasteiger partial charge in [0.2, 0.25) is 0 Å². The lowest BCUT2D eigenvalue weighted by Gasteiger charge is -2.15. The number of esters is 1. The fourth-order valence-corrected chi connectivity index (χ4v) is 3.36. The molecule has 0 atom stereocenters. The van der Waals surface area contributed by atoms with Crippen LogP contribution in [0, 0.1) is 0 Å². The van der Waals surface area contributed by atoms with Crippen LogP contribution >= 0.6 is 11.6 Å². The van der Waals surface area contributed by atoms with Crippen LogP contribution in [-0.2, 0) is 9.53 Å². The second-order valence-electron chi connectivity index (χ2n) is 6.79. The van der Waals surface area contributed by atoms with Crippen molar-refractivity contribution in [2.24, 2.45) is 0 Å². The van der Waals surface area contributed by atoms with Crippen LogP contribution in [0.3, 0.4) is 0 Å². The van der Waals surface area contributed by atoms with E-state index in [4.69, 9.17) is 16.3 Å². The first-order valence-corrected chi connectivity index (χ1v) is 9.67. The Hall–Kier alpha value is -3.06. The van der Waals surface area contributed by atoms with E-state index in [1.54, 1.807) is 24.3 Å². The molecule has 3 rings (SSSR count). The Morgan fingerprint density at radius 2 is 1.79 bits per heavy atom. The monoisotopic (exact) mass is 416 g/mol. The van der Waals surface area contributed by atoms with Crippen molar-refractivity contribution in [2.75, 3.05) is 11.9 Å². The molecule has 0 aliphatic heterocycles. The Morgan fingerprint density at radius 3 is 2.55 bits per heavy atom. The Morgan fingerprint density at radius 1 is 1.07 bits per heavy atom. The minimum Gasteiger partial charge on any atom is -0.507 e. The number of carbonyl (C=O) groups is 3. The van der Waals surface area contributed by atoms with Crippen molar-refractivity contribution in [1.29, 1.82) is 0 Å². The van der Waals surface area contributed by atoms with Crippen LogP contribution in [0.5, 0.6) is 5.75 Å². The predicted molar refractivity (Wildman–Crippen MR) is 108 cm³/mol. The van der Waals surface area contributed by atoms with E-state index >= 15 is 0 Å². The van der Waals surface area contributed by atoms with Gasteiger partial charge in [-0.3, -0.25) is 9.59 Å². The van der Waals surface area contributed by atoms with Gasteiger partial charge in [-0.1, -0.05) is 36.6 Å². The predicted octanol–water partition coefficient (Wildman–Crippen LogP) is 3.51. The van der Waals surface area contributed by atoms with Gasteiger partial charge < -0.3 is 20.5 Å². The van der Waals surface area contributed by atoms with Gasteiger partial charge in [-0.05, 0) is 43.2 Å². The van der Waals surface area contributed by atoms with Crippen molar-refractivity contribution in [3.63, 3.8) is 0 Å². The average molecular weight is 417 g/mol. The van der Waals surface area contributed by atoms with Crippen molar-refractivity contribution in [2.45, 2.75) is 31.7 Å². The number of hydrogen-bond donors (Lipinski definition) is 3. The Bertz CT molecular complexity index is 925. The fraction of sp³-hybridized carbons (Fsp3) is 0.286. The van der Waals surface area contributed by atoms with Crippen molar-refractivity contribution in [1.82, 2.24) is 5.32 Å². The average Bonchev–Trinajstić information content (AvgIpc) is 3.21. The third-order valence-corrected chi connectivity index (χ3v) is 4.88. The molecule has 1 saturated carbocycles. The van der Waals surface area contributed by atoms with E-state index in [9.17, 15) is 19.5 Å². The van der Waals surface area contributed by atoms with E-state index in [0.29, 0.717) is 11.3 Å². The first kappa shape index (κ1) is 20.7. The van der Waals surface area contributed by atoms with Crippen LogP contribution in [-0.4, -0.2) is 35.5 Å². The summed E-state index contributed by atoms with van der Waals surface area (Å²) < 4.78 is 4.94. The number of ether oxygens (including phenoxy) is 1. The number of phenols is 1. The van der Waals surface area contributed by atoms with Gasteiger partial charge in [0.1, 0.15) is 11.3 Å². The maximum absolute atomic E-state index is 12.5. The number of anilines is 1. The van der Waals surface area contributed by atoms with Crippen molar-refractivity contribution in [3.05, 3.63) is 58.6 Å². The molecule has 0 spiro atoms. The molecule has 3 N–H and O–H groups in total. The number of hydrogen-bond acceptors (Lipinski definition) is 5. The molecular weight excluding hydrogens is 396 g/mol. The second-order valence-corrected chi connectivity index (χ2v) is 7.22. The number of carbonyl (C=O) groups excluding carboxylic acids is 3. The van der Waals surface area contributed by atoms with Crippen LogP contribution in [0.25, 0.3) is 0 Å². The number of phenolic OH excluding ortho intramolecular Hbond substituents is 1. The summed E-state index contributed by atoms with van der Waals surface area (Å²) in [6, 6.07) is 10.7. The van der Waals surface area contributed by atoms with Crippen molar-refractivity contribution in [3.8, 4) is 5.75 Å². The highest BCUT2D eigenvalue weighted by Gasteiger charge is 2.20. The fourth-order valence-electron chi connectivity index (χ4n) is 3.19. The standard InChI is InChI=1S/C21H21ClN2O5/c22-13-9-10-18(25)16(11-13)21(28)29-12-19(26)24-17-8-4-3-7-15(17)20(27)23-14-5-1-2-6-14/h3-4,7-11,14,25H,1-2,5-6,12H2,(H,23,27)(H,24,26). The molecule has 0 unspecified atom stereocenters. The summed E-state index contributed by atoms with van der Waals surface area (Å²) in [4.78, 5) is 36.8. The molecule has 1 aliphatic rings. The van der Waals surface area contributed by atoms with E-state index in [-0.39, 0.29) is 28.3 Å². The molecule has 1 fully saturated rings. The van der Waals surface area contributed by atoms with Crippen molar-refractivity contribution >= 4 is 35.1 Å². The Balaban J connectivity index is 1.60. The Labute approximate surface area is 173 Å². The van der Waals surface area contributed by atoms with E-state index in [2.05, 4.69) is 10.6 Å². The molecule has 7 nitrogen and oxygen atoms in total. The van der Waals surface area contributed by atoms with Gasteiger partial charge in [0.05, 0.1) is 11.3 Å². The minimum absolute atomic E-state index is 0.137. The molecule has 2 amide bonds. The van der Waals surface area contributed by atoms with Gasteiger partial charge in [0, 0.05) is 11.1 Å². The molecule has 2 aromatic carbocycles. The van der Waals surface area contributed by atoms with Gasteiger partial charge in [0.15, 0.2) is 6.61 Å². The molecule has 8 heteroatoms. The summed E-state index contributed by atoms with van der Waals surface area (Å²) in [5, 5.41) is 15.5. The van der Waals surface area contributed by atoms with Crippen LogP contribution in [0.2, 0.25) is 5.02 Å². The number of nitrogens with one attached hydrogen (secondary N) is 2. The molecule has 2 aromatic rings. The first-order chi connectivity index (χ1) is 13.9. The van der Waals surface area contributed by atoms with Gasteiger partial charge in [-0.15, -0.1) is 0 Å². The zero-order valence-corrected chi connectivity index (χ0v) is 16.4. The first-order valence-electron chi connectivity index (χ1n) is 9.29. The summed E-state index contributed by atoms with van der Waals surface area (Å²) in [6.45, 7) is -0.580. The lowest BCUT2D eigenvalue weighted by molar-refractivity contribution is -0.119. The number of para-hydroxylation sites is 1. The topological polar surface area (TPSA) is 105 Å². The van der Waals surface area contributed by atoms with Gasteiger partial charge in [-0.25, -0.2) is 4.79 Å². The summed E-state index contributed by atoms with van der Waals surface area (Å²) >= 11 is 5.80. The lowest BCUT2D eigenvalue weighted by atomic mass is 10.1. The highest BCUT2D eigenvalue weighted by atomic mass is 35.5. The molecule has 1 aliphatic carbocycles. The van der Waals surface area contributed by atoms with E-state index < -0.39 is 18.5 Å². The summed E-state index contributed by atoms with van der Waals surface area (Å²) in [6.07, 6.45) is 4.09. The van der Waals surface area contributed by atoms with Crippen molar-refractivity contribution < 1.29 is 24.2 Å². The van der Waals surface area contributed by atoms with Crippen LogP contribution in [0.1, 0.15) is 46.4 Å². The zero-order valence-electron chi connectivity index (χ0n) is 15.6. The lowest BCUT2D eigenvalue weighted by Crippen LogP contribution is -2.33. The quantitative estimate of drug-likeness (QED) is 0.625. The van der Waals surface area contributed by atoms with Crippen LogP contribution in [0.15, 0.2) is 42.5 Å².